The first kappa shape index (κ1) is 24.2. The molecular weight excluding hydrogens is 438 g/mol. The van der Waals surface area contributed by atoms with E-state index in [-0.39, 0.29) is 0 Å². The van der Waals surface area contributed by atoms with E-state index >= 15 is 0 Å². The van der Waals surface area contributed by atoms with Crippen LogP contribution >= 0.6 is 0 Å². The fraction of sp³-hybridized carbons (Fsp3) is 0.593. The topological polar surface area (TPSA) is 91.1 Å². The van der Waals surface area contributed by atoms with Gasteiger partial charge in [0.1, 0.15) is 0 Å². The van der Waals surface area contributed by atoms with Crippen molar-refractivity contribution in [3.63, 3.8) is 0 Å². The van der Waals surface area contributed by atoms with E-state index in [0.717, 1.165) is 55.7 Å². The van der Waals surface area contributed by atoms with Crippen LogP contribution in [-0.4, -0.2) is 61.0 Å². The molecule has 35 heavy (non-hydrogen) atoms. The van der Waals surface area contributed by atoms with E-state index in [4.69, 9.17) is 4.98 Å². The number of nitrogens with zero attached hydrogens (tertiary/aromatic N) is 5. The van der Waals surface area contributed by atoms with Gasteiger partial charge in [0.2, 0.25) is 5.95 Å². The van der Waals surface area contributed by atoms with Crippen molar-refractivity contribution in [1.82, 2.24) is 30.0 Å². The maximum absolute atomic E-state index is 10.0. The molecule has 0 spiro atoms. The van der Waals surface area contributed by atoms with E-state index < -0.39 is 5.60 Å². The van der Waals surface area contributed by atoms with Crippen LogP contribution in [0, 0.1) is 0 Å². The third-order valence-electron chi connectivity index (χ3n) is 7.26. The Balaban J connectivity index is 1.14. The van der Waals surface area contributed by atoms with E-state index in [9.17, 15) is 5.11 Å². The minimum Gasteiger partial charge on any atom is -0.389 e. The molecule has 2 aliphatic rings. The molecule has 1 saturated carbocycles. The molecule has 8 heteroatoms. The smallest absolute Gasteiger partial charge is 0.229 e. The maximum atomic E-state index is 10.0. The summed E-state index contributed by atoms with van der Waals surface area (Å²) < 4.78 is 2.10. The molecule has 0 radical (unpaired) electrons. The van der Waals surface area contributed by atoms with Gasteiger partial charge in [0.05, 0.1) is 23.2 Å². The zero-order chi connectivity index (χ0) is 24.3. The van der Waals surface area contributed by atoms with Gasteiger partial charge in [0, 0.05) is 31.0 Å². The molecule has 0 bridgehead atoms. The minimum absolute atomic E-state index is 0.449. The third kappa shape index (κ3) is 6.37. The molecule has 2 fully saturated rings. The van der Waals surface area contributed by atoms with Crippen molar-refractivity contribution >= 4 is 22.7 Å². The van der Waals surface area contributed by atoms with Crippen molar-refractivity contribution in [3.8, 4) is 0 Å². The summed E-state index contributed by atoms with van der Waals surface area (Å²) in [4.78, 5) is 11.7. The normalized spacial score (nSPS) is 18.8. The summed E-state index contributed by atoms with van der Waals surface area (Å²) in [5, 5.41) is 22.7. The molecule has 0 atom stereocenters. The number of aliphatic hydroxyl groups is 1. The minimum atomic E-state index is -0.622. The van der Waals surface area contributed by atoms with Gasteiger partial charge in [-0.3, -0.25) is 0 Å². The fourth-order valence-corrected chi connectivity index (χ4v) is 5.43. The number of fused-ring (bicyclic) bond motifs is 1. The van der Waals surface area contributed by atoms with Crippen LogP contribution in [0.1, 0.15) is 70.4 Å². The molecule has 8 nitrogen and oxygen atoms in total. The number of benzene rings is 1. The zero-order valence-corrected chi connectivity index (χ0v) is 21.1. The summed E-state index contributed by atoms with van der Waals surface area (Å²) in [6.07, 6.45) is 12.2. The lowest BCUT2D eigenvalue weighted by atomic mass is 9.96. The van der Waals surface area contributed by atoms with Crippen LogP contribution < -0.4 is 10.6 Å². The Morgan fingerprint density at radius 1 is 1.00 bits per heavy atom. The Kier molecular flexibility index (Phi) is 7.32. The molecule has 0 unspecified atom stereocenters. The number of β-amino-alcohol motifs (C(OH)–C–C–N with tert-alkyl or cyclic N) is 1. The summed E-state index contributed by atoms with van der Waals surface area (Å²) in [7, 11) is 0. The van der Waals surface area contributed by atoms with Gasteiger partial charge in [0.25, 0.3) is 0 Å². The third-order valence-corrected chi connectivity index (χ3v) is 7.26. The van der Waals surface area contributed by atoms with Crippen molar-refractivity contribution in [2.24, 2.45) is 0 Å². The molecule has 3 heterocycles. The SMILES string of the molecule is CC(C)(O)CN1CCC(NCc2ccc(Nc3ncc4cnn(C5CCCCC5)c4n3)cc2)CC1. The maximum Gasteiger partial charge on any atom is 0.229 e. The largest absolute Gasteiger partial charge is 0.389 e. The number of likely N-dealkylation sites (tertiary alicyclic amines) is 1. The number of hydrogen-bond donors (Lipinski definition) is 3. The molecule has 0 amide bonds. The van der Waals surface area contributed by atoms with Gasteiger partial charge < -0.3 is 20.6 Å². The average molecular weight is 478 g/mol. The highest BCUT2D eigenvalue weighted by Gasteiger charge is 2.23. The van der Waals surface area contributed by atoms with E-state index in [1.54, 1.807) is 0 Å². The highest BCUT2D eigenvalue weighted by Crippen LogP contribution is 2.30. The van der Waals surface area contributed by atoms with Gasteiger partial charge in [-0.2, -0.15) is 10.1 Å². The second kappa shape index (κ2) is 10.6. The Bertz CT molecular complexity index is 1090. The highest BCUT2D eigenvalue weighted by atomic mass is 16.3. The summed E-state index contributed by atoms with van der Waals surface area (Å²) >= 11 is 0. The van der Waals surface area contributed by atoms with Gasteiger partial charge in [-0.25, -0.2) is 9.67 Å². The van der Waals surface area contributed by atoms with Crippen molar-refractivity contribution in [2.75, 3.05) is 25.0 Å². The lowest BCUT2D eigenvalue weighted by Crippen LogP contribution is -2.47. The Hall–Kier alpha value is -2.55. The quantitative estimate of drug-likeness (QED) is 0.443. The fourth-order valence-electron chi connectivity index (χ4n) is 5.43. The van der Waals surface area contributed by atoms with Crippen LogP contribution in [0.5, 0.6) is 0 Å². The summed E-state index contributed by atoms with van der Waals surface area (Å²) in [6.45, 7) is 7.44. The van der Waals surface area contributed by atoms with Gasteiger partial charge in [-0.05, 0) is 70.3 Å². The first-order valence-corrected chi connectivity index (χ1v) is 13.2. The summed E-state index contributed by atoms with van der Waals surface area (Å²) in [5.74, 6) is 0.610. The van der Waals surface area contributed by atoms with Crippen LogP contribution in [0.2, 0.25) is 0 Å². The predicted octanol–water partition coefficient (Wildman–Crippen LogP) is 4.40. The van der Waals surface area contributed by atoms with Gasteiger partial charge >= 0.3 is 0 Å². The molecule has 1 aromatic carbocycles. The van der Waals surface area contributed by atoms with E-state index in [0.29, 0.717) is 18.0 Å². The van der Waals surface area contributed by atoms with E-state index in [1.807, 2.05) is 26.2 Å². The molecule has 2 aromatic heterocycles. The molecule has 5 rings (SSSR count). The number of hydrogen-bond acceptors (Lipinski definition) is 7. The molecule has 3 N–H and O–H groups in total. The van der Waals surface area contributed by atoms with Crippen molar-refractivity contribution < 1.29 is 5.11 Å². The Morgan fingerprint density at radius 3 is 2.46 bits per heavy atom. The zero-order valence-electron chi connectivity index (χ0n) is 21.1. The second-order valence-electron chi connectivity index (χ2n) is 10.9. The predicted molar refractivity (Wildman–Crippen MR) is 140 cm³/mol. The number of piperidine rings is 1. The number of nitrogens with one attached hydrogen (secondary N) is 2. The van der Waals surface area contributed by atoms with Crippen LogP contribution in [0.3, 0.4) is 0 Å². The van der Waals surface area contributed by atoms with E-state index in [1.165, 1.54) is 37.7 Å². The molecular formula is C27H39N7O. The molecule has 3 aromatic rings. The first-order valence-electron chi connectivity index (χ1n) is 13.2. The number of anilines is 2. The van der Waals surface area contributed by atoms with Crippen LogP contribution in [0.25, 0.3) is 11.0 Å². The molecule has 1 saturated heterocycles. The number of aromatic nitrogens is 4. The van der Waals surface area contributed by atoms with E-state index in [2.05, 4.69) is 54.6 Å². The van der Waals surface area contributed by atoms with Crippen molar-refractivity contribution in [1.29, 1.82) is 0 Å². The summed E-state index contributed by atoms with van der Waals surface area (Å²) in [5.41, 5.74) is 2.55. The second-order valence-corrected chi connectivity index (χ2v) is 10.9. The van der Waals surface area contributed by atoms with Crippen LogP contribution in [-0.2, 0) is 6.54 Å². The average Bonchev–Trinajstić information content (AvgIpc) is 3.27. The van der Waals surface area contributed by atoms with Crippen molar-refractivity contribution in [2.45, 2.75) is 83.0 Å². The number of rotatable bonds is 8. The Labute approximate surface area is 208 Å². The van der Waals surface area contributed by atoms with Crippen molar-refractivity contribution in [3.05, 3.63) is 42.2 Å². The molecule has 1 aliphatic heterocycles. The highest BCUT2D eigenvalue weighted by molar-refractivity contribution is 5.75. The Morgan fingerprint density at radius 2 is 1.74 bits per heavy atom. The summed E-state index contributed by atoms with van der Waals surface area (Å²) in [6, 6.07) is 9.47. The van der Waals surface area contributed by atoms with Crippen LogP contribution in [0.15, 0.2) is 36.7 Å². The standard InChI is InChI=1S/C27H39N7O/c1-27(2,35)19-33-14-12-22(13-15-33)28-16-20-8-10-23(11-9-20)31-26-29-17-21-18-30-34(25(21)32-26)24-6-4-3-5-7-24/h8-11,17-18,22,24,28,35H,3-7,12-16,19H2,1-2H3,(H,29,31,32). The molecule has 188 valence electrons. The molecule has 1 aliphatic carbocycles. The lowest BCUT2D eigenvalue weighted by Gasteiger charge is -2.35. The van der Waals surface area contributed by atoms with Gasteiger partial charge in [-0.1, -0.05) is 31.4 Å². The first-order chi connectivity index (χ1) is 16.9. The van der Waals surface area contributed by atoms with Gasteiger partial charge in [-0.15, -0.1) is 0 Å². The lowest BCUT2D eigenvalue weighted by molar-refractivity contribution is 0.0269. The van der Waals surface area contributed by atoms with Gasteiger partial charge in [0.15, 0.2) is 5.65 Å². The monoisotopic (exact) mass is 477 g/mol. The van der Waals surface area contributed by atoms with Crippen LogP contribution in [0.4, 0.5) is 11.6 Å².